The van der Waals surface area contributed by atoms with Crippen LogP contribution in [0.3, 0.4) is 0 Å². The summed E-state index contributed by atoms with van der Waals surface area (Å²) in [5, 5.41) is 0. The maximum Gasteiger partial charge on any atom is 0.416 e. The lowest BCUT2D eigenvalue weighted by Crippen LogP contribution is -2.29. The second-order valence-electron chi connectivity index (χ2n) is 7.13. The van der Waals surface area contributed by atoms with Crippen LogP contribution in [-0.4, -0.2) is 34.8 Å². The van der Waals surface area contributed by atoms with E-state index in [4.69, 9.17) is 0 Å². The van der Waals surface area contributed by atoms with Crippen LogP contribution in [0.15, 0.2) is 35.1 Å². The summed E-state index contributed by atoms with van der Waals surface area (Å²) in [4.78, 5) is 32.0. The number of Topliss-reactive ketones (excluding diaryl/α,β-unsaturated/α-hetero) is 1. The molecule has 1 fully saturated rings. The quantitative estimate of drug-likeness (QED) is 0.592. The fourth-order valence-corrected chi connectivity index (χ4v) is 3.16. The molecule has 2 aromatic rings. The van der Waals surface area contributed by atoms with Crippen molar-refractivity contribution in [1.82, 2.24) is 9.97 Å². The Kier molecular flexibility index (Phi) is 5.46. The minimum absolute atomic E-state index is 0.00442. The van der Waals surface area contributed by atoms with E-state index < -0.39 is 41.5 Å². The molecular weight excluding hydrogens is 397 g/mol. The number of carbonyl (C=O) groups excluding carboxylic acids is 1. The first-order chi connectivity index (χ1) is 13.4. The highest BCUT2D eigenvalue weighted by Crippen LogP contribution is 2.31. The van der Waals surface area contributed by atoms with Crippen LogP contribution in [0, 0.1) is 0 Å². The highest BCUT2D eigenvalue weighted by Gasteiger charge is 2.39. The molecule has 5 nitrogen and oxygen atoms in total. The minimum atomic E-state index is -4.45. The van der Waals surface area contributed by atoms with Crippen LogP contribution in [-0.2, 0) is 6.18 Å². The molecular formula is C19H18F5N3O2. The lowest BCUT2D eigenvalue weighted by molar-refractivity contribution is -0.137. The second-order valence-corrected chi connectivity index (χ2v) is 7.13. The molecule has 156 valence electrons. The average Bonchev–Trinajstić information content (AvgIpc) is 3.00. The number of rotatable bonds is 5. The Hall–Kier alpha value is -2.78. The molecule has 0 amide bonds. The van der Waals surface area contributed by atoms with E-state index in [1.54, 1.807) is 6.92 Å². The number of anilines is 1. The molecule has 1 N–H and O–H groups in total. The Morgan fingerprint density at radius 3 is 2.48 bits per heavy atom. The average molecular weight is 415 g/mol. The zero-order valence-corrected chi connectivity index (χ0v) is 15.4. The molecule has 0 radical (unpaired) electrons. The molecule has 1 aromatic carbocycles. The van der Waals surface area contributed by atoms with Crippen LogP contribution in [0.2, 0.25) is 0 Å². The van der Waals surface area contributed by atoms with E-state index in [-0.39, 0.29) is 31.0 Å². The van der Waals surface area contributed by atoms with Crippen molar-refractivity contribution in [1.29, 1.82) is 0 Å². The Balaban J connectivity index is 1.74. The highest BCUT2D eigenvalue weighted by atomic mass is 19.4. The Morgan fingerprint density at radius 1 is 1.28 bits per heavy atom. The molecule has 1 saturated heterocycles. The zero-order valence-electron chi connectivity index (χ0n) is 15.4. The highest BCUT2D eigenvalue weighted by molar-refractivity contribution is 5.94. The van der Waals surface area contributed by atoms with Crippen LogP contribution < -0.4 is 10.5 Å². The third-order valence-electron chi connectivity index (χ3n) is 4.78. The lowest BCUT2D eigenvalue weighted by Gasteiger charge is -2.17. The summed E-state index contributed by atoms with van der Waals surface area (Å²) in [6.07, 6.45) is -4.92. The summed E-state index contributed by atoms with van der Waals surface area (Å²) >= 11 is 0. The number of aromatic nitrogens is 2. The van der Waals surface area contributed by atoms with Crippen molar-refractivity contribution < 1.29 is 26.7 Å². The molecule has 1 aliphatic rings. The largest absolute Gasteiger partial charge is 0.416 e. The van der Waals surface area contributed by atoms with Gasteiger partial charge in [-0.3, -0.25) is 14.6 Å². The monoisotopic (exact) mass is 415 g/mol. The van der Waals surface area contributed by atoms with E-state index in [1.165, 1.54) is 17.0 Å². The topological polar surface area (TPSA) is 66.1 Å². The van der Waals surface area contributed by atoms with Gasteiger partial charge in [0.05, 0.1) is 12.1 Å². The van der Waals surface area contributed by atoms with Crippen molar-refractivity contribution in [3.8, 4) is 0 Å². The fraction of sp³-hybridized carbons (Fsp3) is 0.421. The van der Waals surface area contributed by atoms with E-state index >= 15 is 0 Å². The lowest BCUT2D eigenvalue weighted by atomic mass is 9.94. The molecule has 0 saturated carbocycles. The predicted octanol–water partition coefficient (Wildman–Crippen LogP) is 4.01. The van der Waals surface area contributed by atoms with Crippen molar-refractivity contribution in [3.63, 3.8) is 0 Å². The minimum Gasteiger partial charge on any atom is -0.336 e. The number of alkyl halides is 5. The van der Waals surface area contributed by atoms with Gasteiger partial charge in [0.25, 0.3) is 11.5 Å². The van der Waals surface area contributed by atoms with Gasteiger partial charge >= 0.3 is 6.18 Å². The summed E-state index contributed by atoms with van der Waals surface area (Å²) < 4.78 is 64.8. The number of halogens is 5. The first-order valence-electron chi connectivity index (χ1n) is 8.89. The summed E-state index contributed by atoms with van der Waals surface area (Å²) in [6.45, 7) is 1.06. The molecule has 0 unspecified atom stereocenters. The SMILES string of the molecule is C[C@@H](CC(=O)c1cc(=O)[nH]c(N2CCC(F)(F)C2)n1)c1ccc(C(F)(F)F)cc1. The Labute approximate surface area is 162 Å². The molecule has 0 spiro atoms. The zero-order chi connectivity index (χ0) is 21.4. The third kappa shape index (κ3) is 4.99. The summed E-state index contributed by atoms with van der Waals surface area (Å²) in [5.41, 5.74) is -1.08. The number of ketones is 1. The number of aromatic amines is 1. The van der Waals surface area contributed by atoms with Crippen molar-refractivity contribution in [2.45, 2.75) is 37.8 Å². The molecule has 3 rings (SSSR count). The van der Waals surface area contributed by atoms with Crippen molar-refractivity contribution in [2.24, 2.45) is 0 Å². The molecule has 1 aromatic heterocycles. The number of carbonyl (C=O) groups is 1. The van der Waals surface area contributed by atoms with Crippen LogP contribution in [0.1, 0.15) is 47.3 Å². The van der Waals surface area contributed by atoms with Crippen molar-refractivity contribution in [3.05, 3.63) is 57.5 Å². The number of hydrogen-bond donors (Lipinski definition) is 1. The van der Waals surface area contributed by atoms with Crippen molar-refractivity contribution >= 4 is 11.7 Å². The van der Waals surface area contributed by atoms with Gasteiger partial charge in [0.1, 0.15) is 5.69 Å². The Bertz CT molecular complexity index is 954. The first-order valence-corrected chi connectivity index (χ1v) is 8.89. The number of hydrogen-bond acceptors (Lipinski definition) is 4. The standard InChI is InChI=1S/C19H18F5N3O2/c1-11(12-2-4-13(5-3-12)19(22,23)24)8-15(28)14-9-16(29)26-17(25-14)27-7-6-18(20,21)10-27/h2-5,9,11H,6-8,10H2,1H3,(H,25,26,29)/t11-/m0/s1. The van der Waals surface area contributed by atoms with Crippen LogP contribution in [0.5, 0.6) is 0 Å². The van der Waals surface area contributed by atoms with E-state index in [0.29, 0.717) is 5.56 Å². The second kappa shape index (κ2) is 7.57. The first kappa shape index (κ1) is 20.9. The van der Waals surface area contributed by atoms with Crippen LogP contribution in [0.4, 0.5) is 27.9 Å². The fourth-order valence-electron chi connectivity index (χ4n) is 3.16. The number of nitrogens with zero attached hydrogens (tertiary/aromatic N) is 2. The number of nitrogens with one attached hydrogen (secondary N) is 1. The molecule has 1 aliphatic heterocycles. The van der Waals surface area contributed by atoms with Gasteiger partial charge in [0.2, 0.25) is 5.95 Å². The smallest absolute Gasteiger partial charge is 0.336 e. The van der Waals surface area contributed by atoms with Crippen molar-refractivity contribution in [2.75, 3.05) is 18.0 Å². The van der Waals surface area contributed by atoms with Gasteiger partial charge in [-0.2, -0.15) is 13.2 Å². The van der Waals surface area contributed by atoms with Gasteiger partial charge in [0.15, 0.2) is 5.78 Å². The van der Waals surface area contributed by atoms with Gasteiger partial charge in [-0.1, -0.05) is 19.1 Å². The summed E-state index contributed by atoms with van der Waals surface area (Å²) in [5.74, 6) is -3.92. The maximum atomic E-state index is 13.4. The summed E-state index contributed by atoms with van der Waals surface area (Å²) in [7, 11) is 0. The molecule has 1 atom stereocenters. The molecule has 0 aliphatic carbocycles. The summed E-state index contributed by atoms with van der Waals surface area (Å²) in [6, 6.07) is 5.45. The maximum absolute atomic E-state index is 13.4. The van der Waals surface area contributed by atoms with Gasteiger partial charge < -0.3 is 4.90 Å². The molecule has 2 heterocycles. The van der Waals surface area contributed by atoms with Gasteiger partial charge in [-0.25, -0.2) is 13.8 Å². The van der Waals surface area contributed by atoms with E-state index in [2.05, 4.69) is 9.97 Å². The van der Waals surface area contributed by atoms with E-state index in [9.17, 15) is 31.5 Å². The molecule has 29 heavy (non-hydrogen) atoms. The third-order valence-corrected chi connectivity index (χ3v) is 4.78. The Morgan fingerprint density at radius 2 is 1.93 bits per heavy atom. The molecule has 10 heteroatoms. The van der Waals surface area contributed by atoms with E-state index in [1.807, 2.05) is 0 Å². The van der Waals surface area contributed by atoms with Gasteiger partial charge in [0, 0.05) is 25.5 Å². The van der Waals surface area contributed by atoms with E-state index in [0.717, 1.165) is 18.2 Å². The van der Waals surface area contributed by atoms with Gasteiger partial charge in [-0.15, -0.1) is 0 Å². The molecule has 0 bridgehead atoms. The predicted molar refractivity (Wildman–Crippen MR) is 95.4 cm³/mol. The van der Waals surface area contributed by atoms with Gasteiger partial charge in [-0.05, 0) is 23.6 Å². The van der Waals surface area contributed by atoms with Crippen LogP contribution in [0.25, 0.3) is 0 Å². The number of benzene rings is 1. The van der Waals surface area contributed by atoms with Crippen LogP contribution >= 0.6 is 0 Å². The normalized spacial score (nSPS) is 17.4. The number of H-pyrrole nitrogens is 1.